The lowest BCUT2D eigenvalue weighted by atomic mass is 10.1. The summed E-state index contributed by atoms with van der Waals surface area (Å²) in [5.41, 5.74) is 2.33. The van der Waals surface area contributed by atoms with Gasteiger partial charge >= 0.3 is 0 Å². The molecule has 5 heteroatoms. The SMILES string of the molecule is Cc1[nH]nc2c1C(c1ccco1)N(C)C2=O. The molecule has 0 fully saturated rings. The summed E-state index contributed by atoms with van der Waals surface area (Å²) in [5.74, 6) is 0.694. The van der Waals surface area contributed by atoms with E-state index in [2.05, 4.69) is 10.2 Å². The molecule has 3 heterocycles. The Bertz CT molecular complexity index is 542. The number of aromatic nitrogens is 2. The van der Waals surface area contributed by atoms with E-state index in [0.717, 1.165) is 17.0 Å². The van der Waals surface area contributed by atoms with Gasteiger partial charge in [0.1, 0.15) is 11.8 Å². The number of amides is 1. The lowest BCUT2D eigenvalue weighted by molar-refractivity contribution is 0.0776. The number of aromatic amines is 1. The number of rotatable bonds is 1. The molecule has 1 N–H and O–H groups in total. The third-order valence-corrected chi connectivity index (χ3v) is 2.99. The number of hydrogen-bond donors (Lipinski definition) is 1. The third kappa shape index (κ3) is 0.997. The summed E-state index contributed by atoms with van der Waals surface area (Å²) in [6, 6.07) is 3.54. The Morgan fingerprint density at radius 3 is 3.06 bits per heavy atom. The molecular formula is C11H11N3O2. The van der Waals surface area contributed by atoms with Crippen LogP contribution >= 0.6 is 0 Å². The minimum atomic E-state index is -0.156. The summed E-state index contributed by atoms with van der Waals surface area (Å²) >= 11 is 0. The highest BCUT2D eigenvalue weighted by molar-refractivity contribution is 5.97. The summed E-state index contributed by atoms with van der Waals surface area (Å²) in [7, 11) is 1.76. The van der Waals surface area contributed by atoms with Gasteiger partial charge in [0.05, 0.1) is 6.26 Å². The van der Waals surface area contributed by atoms with Crippen LogP contribution in [0.2, 0.25) is 0 Å². The van der Waals surface area contributed by atoms with E-state index in [1.54, 1.807) is 18.2 Å². The van der Waals surface area contributed by atoms with Crippen LogP contribution in [0.3, 0.4) is 0 Å². The number of hydrogen-bond acceptors (Lipinski definition) is 3. The first-order valence-corrected chi connectivity index (χ1v) is 5.05. The van der Waals surface area contributed by atoms with Gasteiger partial charge < -0.3 is 9.32 Å². The predicted octanol–water partition coefficient (Wildman–Crippen LogP) is 1.49. The Morgan fingerprint density at radius 2 is 2.38 bits per heavy atom. The highest BCUT2D eigenvalue weighted by atomic mass is 16.3. The van der Waals surface area contributed by atoms with E-state index in [9.17, 15) is 4.79 Å². The van der Waals surface area contributed by atoms with E-state index < -0.39 is 0 Å². The first kappa shape index (κ1) is 9.21. The van der Waals surface area contributed by atoms with E-state index in [-0.39, 0.29) is 11.9 Å². The molecule has 1 amide bonds. The van der Waals surface area contributed by atoms with E-state index in [1.165, 1.54) is 0 Å². The molecule has 1 unspecified atom stereocenters. The van der Waals surface area contributed by atoms with Crippen LogP contribution in [0, 0.1) is 6.92 Å². The molecule has 0 spiro atoms. The highest BCUT2D eigenvalue weighted by Crippen LogP contribution is 2.37. The van der Waals surface area contributed by atoms with Crippen LogP contribution in [0.15, 0.2) is 22.8 Å². The average molecular weight is 217 g/mol. The zero-order valence-corrected chi connectivity index (χ0v) is 9.02. The Hall–Kier alpha value is -2.04. The topological polar surface area (TPSA) is 62.1 Å². The first-order valence-electron chi connectivity index (χ1n) is 5.05. The van der Waals surface area contributed by atoms with Crippen molar-refractivity contribution in [2.24, 2.45) is 0 Å². The smallest absolute Gasteiger partial charge is 0.275 e. The minimum Gasteiger partial charge on any atom is -0.467 e. The van der Waals surface area contributed by atoms with Gasteiger partial charge in [-0.3, -0.25) is 9.89 Å². The standard InChI is InChI=1S/C11H11N3O2/c1-6-8-9(13-12-6)11(15)14(2)10(8)7-4-3-5-16-7/h3-5,10H,1-2H3,(H,12,13). The van der Waals surface area contributed by atoms with Gasteiger partial charge in [0.2, 0.25) is 0 Å². The number of H-pyrrole nitrogens is 1. The maximum absolute atomic E-state index is 11.9. The van der Waals surface area contributed by atoms with Crippen molar-refractivity contribution in [2.75, 3.05) is 7.05 Å². The van der Waals surface area contributed by atoms with Crippen molar-refractivity contribution in [3.05, 3.63) is 41.1 Å². The van der Waals surface area contributed by atoms with Gasteiger partial charge in [0.15, 0.2) is 5.69 Å². The molecule has 1 aliphatic heterocycles. The number of nitrogens with one attached hydrogen (secondary N) is 1. The summed E-state index contributed by atoms with van der Waals surface area (Å²) in [6.45, 7) is 1.91. The van der Waals surface area contributed by atoms with Crippen LogP contribution in [-0.4, -0.2) is 28.1 Å². The van der Waals surface area contributed by atoms with Crippen LogP contribution in [0.5, 0.6) is 0 Å². The molecule has 16 heavy (non-hydrogen) atoms. The van der Waals surface area contributed by atoms with Crippen molar-refractivity contribution in [1.82, 2.24) is 15.1 Å². The summed E-state index contributed by atoms with van der Waals surface area (Å²) in [5, 5.41) is 6.87. The second kappa shape index (κ2) is 2.98. The van der Waals surface area contributed by atoms with Gasteiger partial charge in [0.25, 0.3) is 5.91 Å². The molecule has 2 aromatic heterocycles. The van der Waals surface area contributed by atoms with Crippen molar-refractivity contribution in [1.29, 1.82) is 0 Å². The summed E-state index contributed by atoms with van der Waals surface area (Å²) in [6.07, 6.45) is 1.61. The largest absolute Gasteiger partial charge is 0.467 e. The van der Waals surface area contributed by atoms with E-state index in [4.69, 9.17) is 4.42 Å². The molecule has 5 nitrogen and oxygen atoms in total. The fraction of sp³-hybridized carbons (Fsp3) is 0.273. The van der Waals surface area contributed by atoms with Crippen LogP contribution < -0.4 is 0 Å². The molecule has 3 rings (SSSR count). The van der Waals surface area contributed by atoms with E-state index >= 15 is 0 Å². The predicted molar refractivity (Wildman–Crippen MR) is 56.0 cm³/mol. The maximum atomic E-state index is 11.9. The highest BCUT2D eigenvalue weighted by Gasteiger charge is 2.40. The molecule has 1 atom stereocenters. The minimum absolute atomic E-state index is 0.0687. The van der Waals surface area contributed by atoms with E-state index in [0.29, 0.717) is 5.69 Å². The van der Waals surface area contributed by atoms with Crippen LogP contribution in [0.4, 0.5) is 0 Å². The number of carbonyl (C=O) groups is 1. The molecule has 0 radical (unpaired) electrons. The molecule has 0 saturated heterocycles. The average Bonchev–Trinajstić information content (AvgIpc) is 2.93. The molecule has 0 aliphatic carbocycles. The first-order chi connectivity index (χ1) is 7.70. The molecular weight excluding hydrogens is 206 g/mol. The number of furan rings is 1. The van der Waals surface area contributed by atoms with Gasteiger partial charge in [-0.1, -0.05) is 0 Å². The number of nitrogens with zero attached hydrogens (tertiary/aromatic N) is 2. The van der Waals surface area contributed by atoms with Crippen molar-refractivity contribution < 1.29 is 9.21 Å². The normalized spacial score (nSPS) is 19.2. The summed E-state index contributed by atoms with van der Waals surface area (Å²) < 4.78 is 5.38. The number of carbonyl (C=O) groups excluding carboxylic acids is 1. The number of aryl methyl sites for hydroxylation is 1. The van der Waals surface area contributed by atoms with Crippen LogP contribution in [0.25, 0.3) is 0 Å². The Balaban J connectivity index is 2.20. The molecule has 82 valence electrons. The van der Waals surface area contributed by atoms with Crippen LogP contribution in [-0.2, 0) is 0 Å². The zero-order chi connectivity index (χ0) is 11.3. The lowest BCUT2D eigenvalue weighted by Gasteiger charge is -2.18. The van der Waals surface area contributed by atoms with Crippen LogP contribution in [0.1, 0.15) is 33.5 Å². The lowest BCUT2D eigenvalue weighted by Crippen LogP contribution is -2.24. The Labute approximate surface area is 92.1 Å². The van der Waals surface area contributed by atoms with Crippen molar-refractivity contribution in [3.8, 4) is 0 Å². The van der Waals surface area contributed by atoms with Gasteiger partial charge in [-0.25, -0.2) is 0 Å². The van der Waals surface area contributed by atoms with Crippen molar-refractivity contribution >= 4 is 5.91 Å². The molecule has 0 bridgehead atoms. The van der Waals surface area contributed by atoms with Crippen molar-refractivity contribution in [2.45, 2.75) is 13.0 Å². The second-order valence-corrected chi connectivity index (χ2v) is 3.94. The monoisotopic (exact) mass is 217 g/mol. The Kier molecular flexibility index (Phi) is 1.71. The quantitative estimate of drug-likeness (QED) is 0.787. The third-order valence-electron chi connectivity index (χ3n) is 2.99. The molecule has 1 aliphatic rings. The molecule has 0 saturated carbocycles. The van der Waals surface area contributed by atoms with Gasteiger partial charge in [-0.05, 0) is 19.1 Å². The maximum Gasteiger partial charge on any atom is 0.275 e. The second-order valence-electron chi connectivity index (χ2n) is 3.94. The van der Waals surface area contributed by atoms with Crippen molar-refractivity contribution in [3.63, 3.8) is 0 Å². The summed E-state index contributed by atoms with van der Waals surface area (Å²) in [4.78, 5) is 13.6. The van der Waals surface area contributed by atoms with E-state index in [1.807, 2.05) is 19.1 Å². The van der Waals surface area contributed by atoms with Gasteiger partial charge in [0, 0.05) is 18.3 Å². The van der Waals surface area contributed by atoms with Gasteiger partial charge in [-0.15, -0.1) is 0 Å². The van der Waals surface area contributed by atoms with Gasteiger partial charge in [-0.2, -0.15) is 5.10 Å². The number of fused-ring (bicyclic) bond motifs is 1. The zero-order valence-electron chi connectivity index (χ0n) is 9.02. The fourth-order valence-electron chi connectivity index (χ4n) is 2.19. The molecule has 0 aromatic carbocycles. The molecule has 2 aromatic rings. The Morgan fingerprint density at radius 1 is 1.56 bits per heavy atom. The fourth-order valence-corrected chi connectivity index (χ4v) is 2.19.